The van der Waals surface area contributed by atoms with Crippen molar-refractivity contribution in [3.05, 3.63) is 23.8 Å². The van der Waals surface area contributed by atoms with Gasteiger partial charge in [-0.1, -0.05) is 0 Å². The van der Waals surface area contributed by atoms with Gasteiger partial charge in [-0.15, -0.1) is 13.2 Å². The smallest absolute Gasteiger partial charge is 0.435 e. The lowest BCUT2D eigenvalue weighted by molar-refractivity contribution is -0.274. The second kappa shape index (κ2) is 4.86. The van der Waals surface area contributed by atoms with Crippen LogP contribution in [0.25, 0.3) is 0 Å². The predicted molar refractivity (Wildman–Crippen MR) is 44.5 cm³/mol. The monoisotopic (exact) mass is 253 g/mol. The van der Waals surface area contributed by atoms with E-state index in [0.29, 0.717) is 0 Å². The van der Waals surface area contributed by atoms with Gasteiger partial charge >= 0.3 is 13.0 Å². The van der Waals surface area contributed by atoms with Crippen LogP contribution in [0.1, 0.15) is 5.56 Å². The predicted octanol–water partition coefficient (Wildman–Crippen LogP) is 3.06. The summed E-state index contributed by atoms with van der Waals surface area (Å²) in [5, 5.41) is 8.53. The van der Waals surface area contributed by atoms with Crippen LogP contribution in [0.2, 0.25) is 0 Å². The number of alkyl halides is 5. The molecule has 0 aliphatic rings. The van der Waals surface area contributed by atoms with Gasteiger partial charge < -0.3 is 9.47 Å². The van der Waals surface area contributed by atoms with Crippen molar-refractivity contribution in [3.63, 3.8) is 0 Å². The molecule has 0 atom stereocenters. The van der Waals surface area contributed by atoms with Crippen LogP contribution in [0.5, 0.6) is 11.5 Å². The molecule has 0 radical (unpaired) electrons. The number of halogens is 5. The average molecular weight is 253 g/mol. The molecular formula is C9H4F5NO2. The van der Waals surface area contributed by atoms with Crippen LogP contribution in [0.3, 0.4) is 0 Å². The molecule has 8 heteroatoms. The molecule has 0 fully saturated rings. The molecule has 0 saturated carbocycles. The minimum Gasteiger partial charge on any atom is -0.435 e. The highest BCUT2D eigenvalue weighted by Crippen LogP contribution is 2.29. The van der Waals surface area contributed by atoms with Gasteiger partial charge in [0.2, 0.25) is 0 Å². The first-order valence-corrected chi connectivity index (χ1v) is 4.06. The minimum absolute atomic E-state index is 0.425. The molecule has 1 aromatic carbocycles. The third-order valence-electron chi connectivity index (χ3n) is 1.52. The lowest BCUT2D eigenvalue weighted by Gasteiger charge is -2.11. The van der Waals surface area contributed by atoms with E-state index in [0.717, 1.165) is 18.2 Å². The number of nitriles is 1. The van der Waals surface area contributed by atoms with E-state index in [1.165, 1.54) is 6.07 Å². The maximum Gasteiger partial charge on any atom is 0.573 e. The van der Waals surface area contributed by atoms with Gasteiger partial charge in [0.25, 0.3) is 0 Å². The number of hydrogen-bond acceptors (Lipinski definition) is 3. The van der Waals surface area contributed by atoms with Gasteiger partial charge in [0.1, 0.15) is 17.6 Å². The lowest BCUT2D eigenvalue weighted by Crippen LogP contribution is -2.17. The highest BCUT2D eigenvalue weighted by Gasteiger charge is 2.32. The van der Waals surface area contributed by atoms with Gasteiger partial charge in [-0.25, -0.2) is 0 Å². The van der Waals surface area contributed by atoms with Gasteiger partial charge in [0.05, 0.1) is 5.56 Å². The normalized spacial score (nSPS) is 11.1. The van der Waals surface area contributed by atoms with Crippen molar-refractivity contribution in [2.24, 2.45) is 0 Å². The van der Waals surface area contributed by atoms with Crippen LogP contribution in [0.15, 0.2) is 18.2 Å². The number of nitrogens with zero attached hydrogens (tertiary/aromatic N) is 1. The largest absolute Gasteiger partial charge is 0.573 e. The Balaban J connectivity index is 2.98. The summed E-state index contributed by atoms with van der Waals surface area (Å²) in [7, 11) is 0. The van der Waals surface area contributed by atoms with Gasteiger partial charge in [0, 0.05) is 6.07 Å². The Morgan fingerprint density at radius 1 is 1.24 bits per heavy atom. The van der Waals surface area contributed by atoms with E-state index in [2.05, 4.69) is 9.47 Å². The SMILES string of the molecule is N#Cc1cc(OC(F)F)ccc1OC(F)(F)F. The van der Waals surface area contributed by atoms with Crippen LogP contribution in [-0.4, -0.2) is 13.0 Å². The van der Waals surface area contributed by atoms with Gasteiger partial charge in [-0.3, -0.25) is 0 Å². The zero-order valence-electron chi connectivity index (χ0n) is 7.96. The van der Waals surface area contributed by atoms with E-state index in [9.17, 15) is 22.0 Å². The van der Waals surface area contributed by atoms with E-state index in [4.69, 9.17) is 5.26 Å². The molecule has 92 valence electrons. The summed E-state index contributed by atoms with van der Waals surface area (Å²) in [6.45, 7) is -3.13. The van der Waals surface area contributed by atoms with E-state index in [1.54, 1.807) is 0 Å². The molecule has 0 spiro atoms. The third-order valence-corrected chi connectivity index (χ3v) is 1.52. The third kappa shape index (κ3) is 4.14. The Hall–Kier alpha value is -2.04. The topological polar surface area (TPSA) is 42.2 Å². The van der Waals surface area contributed by atoms with Crippen LogP contribution in [-0.2, 0) is 0 Å². The van der Waals surface area contributed by atoms with Crippen LogP contribution in [0.4, 0.5) is 22.0 Å². The molecule has 0 saturated heterocycles. The van der Waals surface area contributed by atoms with Gasteiger partial charge in [0.15, 0.2) is 0 Å². The van der Waals surface area contributed by atoms with Crippen molar-refractivity contribution >= 4 is 0 Å². The Morgan fingerprint density at radius 3 is 2.35 bits per heavy atom. The lowest BCUT2D eigenvalue weighted by atomic mass is 10.2. The summed E-state index contributed by atoms with van der Waals surface area (Å²) in [6, 6.07) is 3.68. The quantitative estimate of drug-likeness (QED) is 0.777. The maximum absolute atomic E-state index is 11.9. The molecule has 0 bridgehead atoms. The summed E-state index contributed by atoms with van der Waals surface area (Å²) in [5.74, 6) is -1.20. The Kier molecular flexibility index (Phi) is 3.73. The van der Waals surface area contributed by atoms with E-state index in [-0.39, 0.29) is 0 Å². The van der Waals surface area contributed by atoms with E-state index < -0.39 is 30.0 Å². The Morgan fingerprint density at radius 2 is 1.88 bits per heavy atom. The number of ether oxygens (including phenoxy) is 2. The van der Waals surface area contributed by atoms with Crippen molar-refractivity contribution in [2.75, 3.05) is 0 Å². The molecule has 0 amide bonds. The van der Waals surface area contributed by atoms with Gasteiger partial charge in [-0.05, 0) is 12.1 Å². The molecule has 1 aromatic rings. The van der Waals surface area contributed by atoms with Gasteiger partial charge in [-0.2, -0.15) is 14.0 Å². The molecule has 0 heterocycles. The number of hydrogen-bond donors (Lipinski definition) is 0. The molecule has 0 aliphatic carbocycles. The first kappa shape index (κ1) is 13.0. The first-order chi connectivity index (χ1) is 7.81. The summed E-state index contributed by atoms with van der Waals surface area (Å²) in [4.78, 5) is 0. The average Bonchev–Trinajstić information content (AvgIpc) is 2.17. The Bertz CT molecular complexity index is 438. The second-order valence-corrected chi connectivity index (χ2v) is 2.70. The maximum atomic E-state index is 11.9. The first-order valence-electron chi connectivity index (χ1n) is 4.06. The summed E-state index contributed by atoms with van der Waals surface area (Å²) in [5.41, 5.74) is -0.555. The van der Waals surface area contributed by atoms with Crippen molar-refractivity contribution in [2.45, 2.75) is 13.0 Å². The van der Waals surface area contributed by atoms with Crippen LogP contribution < -0.4 is 9.47 Å². The molecule has 0 unspecified atom stereocenters. The number of rotatable bonds is 3. The molecule has 3 nitrogen and oxygen atoms in total. The molecule has 0 aromatic heterocycles. The molecule has 0 N–H and O–H groups in total. The fraction of sp³-hybridized carbons (Fsp3) is 0.222. The van der Waals surface area contributed by atoms with Crippen LogP contribution in [0, 0.1) is 11.3 Å². The minimum atomic E-state index is -4.96. The molecule has 0 aliphatic heterocycles. The Labute approximate surface area is 92.0 Å². The fourth-order valence-corrected chi connectivity index (χ4v) is 0.986. The molecule has 17 heavy (non-hydrogen) atoms. The van der Waals surface area contributed by atoms with Crippen molar-refractivity contribution in [3.8, 4) is 17.6 Å². The summed E-state index contributed by atoms with van der Waals surface area (Å²) >= 11 is 0. The highest BCUT2D eigenvalue weighted by atomic mass is 19.4. The standard InChI is InChI=1S/C9H4F5NO2/c10-8(11)16-6-1-2-7(5(3-6)4-15)17-9(12,13)14/h1-3,8H. The molecule has 1 rings (SSSR count). The van der Waals surface area contributed by atoms with E-state index in [1.807, 2.05) is 0 Å². The zero-order valence-corrected chi connectivity index (χ0v) is 7.96. The van der Waals surface area contributed by atoms with Crippen molar-refractivity contribution in [1.82, 2.24) is 0 Å². The van der Waals surface area contributed by atoms with Crippen molar-refractivity contribution < 1.29 is 31.4 Å². The summed E-state index contributed by atoms with van der Waals surface area (Å²) < 4.78 is 66.7. The fourth-order valence-electron chi connectivity index (χ4n) is 0.986. The number of benzene rings is 1. The van der Waals surface area contributed by atoms with Crippen molar-refractivity contribution in [1.29, 1.82) is 5.26 Å². The second-order valence-electron chi connectivity index (χ2n) is 2.70. The highest BCUT2D eigenvalue weighted by molar-refractivity contribution is 5.47. The van der Waals surface area contributed by atoms with E-state index >= 15 is 0 Å². The molecular weight excluding hydrogens is 249 g/mol. The zero-order chi connectivity index (χ0) is 13.1. The van der Waals surface area contributed by atoms with Crippen LogP contribution >= 0.6 is 0 Å². The summed E-state index contributed by atoms with van der Waals surface area (Å²) in [6.07, 6.45) is -4.96.